The molecular formula is C25H32N4O3. The molecule has 1 fully saturated rings. The summed E-state index contributed by atoms with van der Waals surface area (Å²) in [6.45, 7) is 3.25. The van der Waals surface area contributed by atoms with E-state index in [-0.39, 0.29) is 17.7 Å². The van der Waals surface area contributed by atoms with E-state index in [9.17, 15) is 9.90 Å². The van der Waals surface area contributed by atoms with Crippen molar-refractivity contribution in [3.8, 4) is 0 Å². The third-order valence-corrected chi connectivity index (χ3v) is 7.18. The minimum Gasteiger partial charge on any atom is -0.393 e. The van der Waals surface area contributed by atoms with Gasteiger partial charge < -0.3 is 23.9 Å². The lowest BCUT2D eigenvalue weighted by Crippen LogP contribution is -2.38. The summed E-state index contributed by atoms with van der Waals surface area (Å²) < 4.78 is 9.56. The molecule has 1 aliphatic heterocycles. The van der Waals surface area contributed by atoms with Crippen LogP contribution in [0.2, 0.25) is 0 Å². The largest absolute Gasteiger partial charge is 0.393 e. The minimum absolute atomic E-state index is 0.0210. The second-order valence-corrected chi connectivity index (χ2v) is 9.23. The van der Waals surface area contributed by atoms with Crippen LogP contribution in [0.3, 0.4) is 0 Å². The van der Waals surface area contributed by atoms with Crippen LogP contribution in [-0.2, 0) is 17.7 Å². The van der Waals surface area contributed by atoms with Gasteiger partial charge in [-0.25, -0.2) is 4.98 Å². The summed E-state index contributed by atoms with van der Waals surface area (Å²) in [6.07, 6.45) is 7.12. The van der Waals surface area contributed by atoms with Crippen molar-refractivity contribution in [2.45, 2.75) is 70.2 Å². The van der Waals surface area contributed by atoms with Gasteiger partial charge in [0, 0.05) is 42.7 Å². The van der Waals surface area contributed by atoms with Gasteiger partial charge in [0.15, 0.2) is 0 Å². The number of pyridine rings is 1. The van der Waals surface area contributed by atoms with E-state index in [1.165, 1.54) is 11.3 Å². The number of hydrogen-bond donors (Lipinski definition) is 1. The van der Waals surface area contributed by atoms with Crippen LogP contribution in [0.15, 0.2) is 41.3 Å². The van der Waals surface area contributed by atoms with Crippen molar-refractivity contribution in [2.75, 3.05) is 18.7 Å². The lowest BCUT2D eigenvalue weighted by molar-refractivity contribution is 0.111. The zero-order chi connectivity index (χ0) is 22.2. The van der Waals surface area contributed by atoms with Gasteiger partial charge in [0.25, 0.3) is 5.56 Å². The molecule has 3 aromatic rings. The van der Waals surface area contributed by atoms with E-state index in [0.717, 1.165) is 55.4 Å². The molecule has 0 bridgehead atoms. The number of rotatable bonds is 5. The Morgan fingerprint density at radius 3 is 2.69 bits per heavy atom. The maximum absolute atomic E-state index is 12.4. The number of aromatic nitrogens is 3. The van der Waals surface area contributed by atoms with Crippen LogP contribution in [-0.4, -0.2) is 45.2 Å². The predicted molar refractivity (Wildman–Crippen MR) is 125 cm³/mol. The first-order valence-corrected chi connectivity index (χ1v) is 11.7. The van der Waals surface area contributed by atoms with Crippen molar-refractivity contribution >= 4 is 16.7 Å². The van der Waals surface area contributed by atoms with Crippen molar-refractivity contribution in [1.29, 1.82) is 0 Å². The zero-order valence-electron chi connectivity index (χ0n) is 18.9. The van der Waals surface area contributed by atoms with Gasteiger partial charge in [-0.3, -0.25) is 4.79 Å². The fourth-order valence-corrected chi connectivity index (χ4v) is 5.43. The maximum atomic E-state index is 12.4. The lowest BCUT2D eigenvalue weighted by atomic mass is 9.92. The van der Waals surface area contributed by atoms with Crippen LogP contribution < -0.4 is 10.5 Å². The second kappa shape index (κ2) is 8.71. The van der Waals surface area contributed by atoms with Crippen LogP contribution in [0.25, 0.3) is 11.0 Å². The number of aliphatic hydroxyl groups is 1. The Hall–Kier alpha value is -2.64. The number of hydrogen-bond acceptors (Lipinski definition) is 5. The zero-order valence-corrected chi connectivity index (χ0v) is 18.9. The van der Waals surface area contributed by atoms with Crippen LogP contribution in [0, 0.1) is 0 Å². The molecule has 1 aliphatic carbocycles. The Morgan fingerprint density at radius 1 is 1.12 bits per heavy atom. The van der Waals surface area contributed by atoms with Gasteiger partial charge in [0.2, 0.25) is 0 Å². The number of methoxy groups -OCH3 is 1. The molecule has 7 nitrogen and oxygen atoms in total. The second-order valence-electron chi connectivity index (χ2n) is 9.23. The summed E-state index contributed by atoms with van der Waals surface area (Å²) in [5, 5.41) is 10.1. The molecule has 0 saturated heterocycles. The van der Waals surface area contributed by atoms with E-state index in [1.807, 2.05) is 12.3 Å². The van der Waals surface area contributed by atoms with E-state index in [2.05, 4.69) is 28.5 Å². The van der Waals surface area contributed by atoms with Crippen LogP contribution in [0.4, 0.5) is 5.69 Å². The molecule has 2 aliphatic rings. The summed E-state index contributed by atoms with van der Waals surface area (Å²) in [7, 11) is 1.74. The van der Waals surface area contributed by atoms with E-state index in [0.29, 0.717) is 19.3 Å². The average Bonchev–Trinajstić information content (AvgIpc) is 3.16. The highest BCUT2D eigenvalue weighted by atomic mass is 16.5. The van der Waals surface area contributed by atoms with Gasteiger partial charge in [-0.15, -0.1) is 0 Å². The first-order valence-electron chi connectivity index (χ1n) is 11.7. The summed E-state index contributed by atoms with van der Waals surface area (Å²) in [5.74, 6) is 0.917. The van der Waals surface area contributed by atoms with Gasteiger partial charge in [-0.05, 0) is 63.6 Å². The van der Waals surface area contributed by atoms with Crippen LogP contribution >= 0.6 is 0 Å². The Morgan fingerprint density at radius 2 is 1.94 bits per heavy atom. The SMILES string of the molecule is COCN1c2ccc3c(nc(Cn4ccccc4=O)n3[C@H]3CC[C@H](O)CC3)c2CC[C@@H]1C. The number of nitrogens with zero attached hydrogens (tertiary/aromatic N) is 4. The molecule has 0 amide bonds. The molecule has 1 N–H and O–H groups in total. The topological polar surface area (TPSA) is 72.5 Å². The van der Waals surface area contributed by atoms with Gasteiger partial charge in [0.05, 0.1) is 23.7 Å². The van der Waals surface area contributed by atoms with Crippen molar-refractivity contribution in [3.63, 3.8) is 0 Å². The maximum Gasteiger partial charge on any atom is 0.250 e. The molecule has 0 unspecified atom stereocenters. The van der Waals surface area contributed by atoms with Gasteiger partial charge in [-0.2, -0.15) is 0 Å². The Kier molecular flexibility index (Phi) is 5.78. The molecule has 170 valence electrons. The molecule has 32 heavy (non-hydrogen) atoms. The molecule has 5 rings (SSSR count). The first-order chi connectivity index (χ1) is 15.6. The average molecular weight is 437 g/mol. The van der Waals surface area contributed by atoms with Crippen molar-refractivity contribution in [1.82, 2.24) is 14.1 Å². The molecule has 1 aromatic carbocycles. The monoisotopic (exact) mass is 436 g/mol. The third kappa shape index (κ3) is 3.73. The van der Waals surface area contributed by atoms with Gasteiger partial charge >= 0.3 is 0 Å². The highest BCUT2D eigenvalue weighted by Crippen LogP contribution is 2.39. The van der Waals surface area contributed by atoms with Crippen molar-refractivity contribution in [2.24, 2.45) is 0 Å². The van der Waals surface area contributed by atoms with Crippen molar-refractivity contribution in [3.05, 3.63) is 58.3 Å². The van der Waals surface area contributed by atoms with Crippen LogP contribution in [0.5, 0.6) is 0 Å². The minimum atomic E-state index is -0.210. The molecular weight excluding hydrogens is 404 g/mol. The number of ether oxygens (including phenoxy) is 1. The van der Waals surface area contributed by atoms with Gasteiger partial charge in [0.1, 0.15) is 12.6 Å². The fraction of sp³-hybridized carbons (Fsp3) is 0.520. The number of aliphatic hydroxyl groups excluding tert-OH is 1. The molecule has 1 saturated carbocycles. The van der Waals surface area contributed by atoms with Gasteiger partial charge in [-0.1, -0.05) is 6.07 Å². The predicted octanol–water partition coefficient (Wildman–Crippen LogP) is 3.47. The lowest BCUT2D eigenvalue weighted by Gasteiger charge is -2.36. The third-order valence-electron chi connectivity index (χ3n) is 7.18. The molecule has 2 aromatic heterocycles. The number of anilines is 1. The normalized spacial score (nSPS) is 23.5. The Balaban J connectivity index is 1.65. The molecule has 1 atom stereocenters. The molecule has 3 heterocycles. The number of imidazole rings is 1. The molecule has 0 spiro atoms. The van der Waals surface area contributed by atoms with E-state index in [4.69, 9.17) is 9.72 Å². The van der Waals surface area contributed by atoms with E-state index in [1.54, 1.807) is 23.8 Å². The summed E-state index contributed by atoms with van der Waals surface area (Å²) in [4.78, 5) is 19.9. The first kappa shape index (κ1) is 21.2. The van der Waals surface area contributed by atoms with Crippen molar-refractivity contribution < 1.29 is 9.84 Å². The highest BCUT2D eigenvalue weighted by molar-refractivity contribution is 5.86. The van der Waals surface area contributed by atoms with Crippen LogP contribution in [0.1, 0.15) is 56.5 Å². The molecule has 0 radical (unpaired) electrons. The highest BCUT2D eigenvalue weighted by Gasteiger charge is 2.29. The standard InChI is InChI=1S/C25H32N4O3/c1-17-6-11-20-21(28(17)16-32-2)12-13-22-25(20)26-23(15-27-14-4-3-5-24(27)31)29(22)18-7-9-19(30)10-8-18/h3-5,12-14,17-19,30H,6-11,15-16H2,1-2H3/t17-,18-,19-/m0/s1. The molecule has 7 heteroatoms. The van der Waals surface area contributed by atoms with E-state index >= 15 is 0 Å². The fourth-order valence-electron chi connectivity index (χ4n) is 5.43. The summed E-state index contributed by atoms with van der Waals surface area (Å²) >= 11 is 0. The smallest absolute Gasteiger partial charge is 0.250 e. The number of aryl methyl sites for hydroxylation is 1. The Labute approximate surface area is 188 Å². The number of benzene rings is 1. The summed E-state index contributed by atoms with van der Waals surface area (Å²) in [6, 6.07) is 10.3. The van der Waals surface area contributed by atoms with E-state index < -0.39 is 0 Å². The summed E-state index contributed by atoms with van der Waals surface area (Å²) in [5.41, 5.74) is 4.63. The number of fused-ring (bicyclic) bond motifs is 3. The quantitative estimate of drug-likeness (QED) is 0.663. The Bertz CT molecular complexity index is 1160.